The number of methoxy groups -OCH3 is 1. The molecule has 0 saturated heterocycles. The molecule has 3 rings (SSSR count). The van der Waals surface area contributed by atoms with Gasteiger partial charge in [0.2, 0.25) is 0 Å². The number of ketones is 1. The third-order valence-electron chi connectivity index (χ3n) is 3.76. The van der Waals surface area contributed by atoms with Gasteiger partial charge >= 0.3 is 0 Å². The first-order valence-electron chi connectivity index (χ1n) is 6.53. The van der Waals surface area contributed by atoms with E-state index in [-0.39, 0.29) is 11.7 Å². The highest BCUT2D eigenvalue weighted by Gasteiger charge is 2.32. The average molecular weight is 252 g/mol. The smallest absolute Gasteiger partial charge is 0.167 e. The topological polar surface area (TPSA) is 26.3 Å². The van der Waals surface area contributed by atoms with E-state index in [1.165, 1.54) is 5.56 Å². The highest BCUT2D eigenvalue weighted by atomic mass is 16.5. The van der Waals surface area contributed by atoms with Crippen LogP contribution >= 0.6 is 0 Å². The van der Waals surface area contributed by atoms with Crippen molar-refractivity contribution in [1.82, 2.24) is 0 Å². The first-order chi connectivity index (χ1) is 9.29. The van der Waals surface area contributed by atoms with E-state index in [4.69, 9.17) is 4.74 Å². The number of rotatable bonds is 3. The summed E-state index contributed by atoms with van der Waals surface area (Å²) in [6.45, 7) is 0. The first kappa shape index (κ1) is 12.0. The Morgan fingerprint density at radius 1 is 1.11 bits per heavy atom. The van der Waals surface area contributed by atoms with Crippen LogP contribution in [-0.2, 0) is 12.8 Å². The molecule has 2 aromatic carbocycles. The number of hydrogen-bond acceptors (Lipinski definition) is 2. The van der Waals surface area contributed by atoms with Gasteiger partial charge in [-0.2, -0.15) is 0 Å². The number of fused-ring (bicyclic) bond motifs is 1. The van der Waals surface area contributed by atoms with Crippen LogP contribution in [0.3, 0.4) is 0 Å². The molecule has 96 valence electrons. The summed E-state index contributed by atoms with van der Waals surface area (Å²) in [4.78, 5) is 12.4. The minimum absolute atomic E-state index is 0.0497. The molecular weight excluding hydrogens is 236 g/mol. The Balaban J connectivity index is 1.87. The van der Waals surface area contributed by atoms with Gasteiger partial charge in [0.05, 0.1) is 7.11 Å². The summed E-state index contributed by atoms with van der Waals surface area (Å²) >= 11 is 0. The molecule has 0 spiro atoms. The standard InChI is InChI=1S/C17H16O2/c1-19-16-9-5-8-14-15(16)11-13(17(14)18)10-12-6-3-2-4-7-12/h2-9,13H,10-11H2,1H3. The SMILES string of the molecule is COc1cccc2c1CC(Cc1ccccc1)C2=O. The van der Waals surface area contributed by atoms with Gasteiger partial charge in [-0.15, -0.1) is 0 Å². The Kier molecular flexibility index (Phi) is 3.08. The predicted molar refractivity (Wildman–Crippen MR) is 74.7 cm³/mol. The van der Waals surface area contributed by atoms with Crippen molar-refractivity contribution in [3.63, 3.8) is 0 Å². The number of ether oxygens (including phenoxy) is 1. The van der Waals surface area contributed by atoms with Crippen molar-refractivity contribution in [2.45, 2.75) is 12.8 Å². The van der Waals surface area contributed by atoms with Crippen molar-refractivity contribution in [3.05, 3.63) is 65.2 Å². The first-order valence-corrected chi connectivity index (χ1v) is 6.53. The van der Waals surface area contributed by atoms with Crippen LogP contribution in [-0.4, -0.2) is 12.9 Å². The van der Waals surface area contributed by atoms with E-state index >= 15 is 0 Å². The van der Waals surface area contributed by atoms with Crippen LogP contribution in [0.2, 0.25) is 0 Å². The van der Waals surface area contributed by atoms with E-state index in [0.29, 0.717) is 0 Å². The summed E-state index contributed by atoms with van der Waals surface area (Å²) in [6, 6.07) is 15.9. The molecular formula is C17H16O2. The highest BCUT2D eigenvalue weighted by Crippen LogP contribution is 2.34. The molecule has 0 radical (unpaired) electrons. The Morgan fingerprint density at radius 3 is 2.63 bits per heavy atom. The second-order valence-corrected chi connectivity index (χ2v) is 4.94. The molecule has 19 heavy (non-hydrogen) atoms. The maximum atomic E-state index is 12.4. The molecule has 0 aromatic heterocycles. The van der Waals surface area contributed by atoms with Crippen LogP contribution in [0, 0.1) is 5.92 Å². The van der Waals surface area contributed by atoms with Crippen LogP contribution in [0.25, 0.3) is 0 Å². The van der Waals surface area contributed by atoms with Gasteiger partial charge in [0.1, 0.15) is 5.75 Å². The van der Waals surface area contributed by atoms with Crippen molar-refractivity contribution in [2.75, 3.05) is 7.11 Å². The van der Waals surface area contributed by atoms with Gasteiger partial charge < -0.3 is 4.74 Å². The summed E-state index contributed by atoms with van der Waals surface area (Å²) in [5.41, 5.74) is 3.11. The lowest BCUT2D eigenvalue weighted by atomic mass is 9.96. The van der Waals surface area contributed by atoms with Crippen LogP contribution < -0.4 is 4.74 Å². The summed E-state index contributed by atoms with van der Waals surface area (Å²) in [5.74, 6) is 1.13. The quantitative estimate of drug-likeness (QED) is 0.837. The third kappa shape index (κ3) is 2.14. The average Bonchev–Trinajstić information content (AvgIpc) is 2.77. The molecule has 0 amide bonds. The van der Waals surface area contributed by atoms with Gasteiger partial charge in [-0.3, -0.25) is 4.79 Å². The minimum Gasteiger partial charge on any atom is -0.496 e. The maximum Gasteiger partial charge on any atom is 0.167 e. The molecule has 1 aliphatic rings. The van der Waals surface area contributed by atoms with Gasteiger partial charge in [-0.05, 0) is 24.5 Å². The number of carbonyl (C=O) groups excluding carboxylic acids is 1. The number of hydrogen-bond donors (Lipinski definition) is 0. The predicted octanol–water partition coefficient (Wildman–Crippen LogP) is 3.29. The van der Waals surface area contributed by atoms with Crippen LogP contribution in [0.4, 0.5) is 0 Å². The van der Waals surface area contributed by atoms with Crippen molar-refractivity contribution in [2.24, 2.45) is 5.92 Å². The fourth-order valence-corrected chi connectivity index (χ4v) is 2.82. The van der Waals surface area contributed by atoms with Crippen molar-refractivity contribution in [3.8, 4) is 5.75 Å². The molecule has 0 aliphatic heterocycles. The monoisotopic (exact) mass is 252 g/mol. The van der Waals surface area contributed by atoms with E-state index in [0.717, 1.165) is 29.7 Å². The molecule has 2 nitrogen and oxygen atoms in total. The van der Waals surface area contributed by atoms with Crippen LogP contribution in [0.15, 0.2) is 48.5 Å². The fraction of sp³-hybridized carbons (Fsp3) is 0.235. The summed E-state index contributed by atoms with van der Waals surface area (Å²) in [7, 11) is 1.66. The van der Waals surface area contributed by atoms with E-state index < -0.39 is 0 Å². The van der Waals surface area contributed by atoms with Gasteiger partial charge in [-0.1, -0.05) is 42.5 Å². The largest absolute Gasteiger partial charge is 0.496 e. The molecule has 1 atom stereocenters. The fourth-order valence-electron chi connectivity index (χ4n) is 2.82. The highest BCUT2D eigenvalue weighted by molar-refractivity contribution is 6.03. The van der Waals surface area contributed by atoms with Gasteiger partial charge in [0.15, 0.2) is 5.78 Å². The molecule has 0 heterocycles. The lowest BCUT2D eigenvalue weighted by Gasteiger charge is -2.08. The van der Waals surface area contributed by atoms with E-state index in [9.17, 15) is 4.79 Å². The summed E-state index contributed by atoms with van der Waals surface area (Å²) in [6.07, 6.45) is 1.59. The summed E-state index contributed by atoms with van der Waals surface area (Å²) in [5, 5.41) is 0. The molecule has 0 bridgehead atoms. The lowest BCUT2D eigenvalue weighted by molar-refractivity contribution is 0.0936. The second kappa shape index (κ2) is 4.88. The molecule has 1 aliphatic carbocycles. The van der Waals surface area contributed by atoms with Gasteiger partial charge in [0.25, 0.3) is 0 Å². The Hall–Kier alpha value is -2.09. The number of benzene rings is 2. The lowest BCUT2D eigenvalue weighted by Crippen LogP contribution is -2.12. The van der Waals surface area contributed by atoms with Crippen LogP contribution in [0.1, 0.15) is 21.5 Å². The molecule has 0 N–H and O–H groups in total. The minimum atomic E-state index is 0.0497. The third-order valence-corrected chi connectivity index (χ3v) is 3.76. The number of Topliss-reactive ketones (excluding diaryl/α,β-unsaturated/α-hetero) is 1. The molecule has 0 saturated carbocycles. The molecule has 2 aromatic rings. The Labute approximate surface area is 113 Å². The van der Waals surface area contributed by atoms with E-state index in [1.54, 1.807) is 7.11 Å². The van der Waals surface area contributed by atoms with E-state index in [1.807, 2.05) is 36.4 Å². The molecule has 2 heteroatoms. The van der Waals surface area contributed by atoms with Gasteiger partial charge in [0, 0.05) is 17.0 Å². The molecule has 0 fully saturated rings. The Bertz CT molecular complexity index is 602. The summed E-state index contributed by atoms with van der Waals surface area (Å²) < 4.78 is 5.35. The molecule has 1 unspecified atom stereocenters. The van der Waals surface area contributed by atoms with Crippen molar-refractivity contribution < 1.29 is 9.53 Å². The Morgan fingerprint density at radius 2 is 1.89 bits per heavy atom. The second-order valence-electron chi connectivity index (χ2n) is 4.94. The normalized spacial score (nSPS) is 17.3. The zero-order chi connectivity index (χ0) is 13.2. The zero-order valence-corrected chi connectivity index (χ0v) is 10.9. The van der Waals surface area contributed by atoms with Gasteiger partial charge in [-0.25, -0.2) is 0 Å². The van der Waals surface area contributed by atoms with Crippen molar-refractivity contribution >= 4 is 5.78 Å². The van der Waals surface area contributed by atoms with Crippen LogP contribution in [0.5, 0.6) is 5.75 Å². The number of carbonyl (C=O) groups is 1. The maximum absolute atomic E-state index is 12.4. The van der Waals surface area contributed by atoms with Crippen molar-refractivity contribution in [1.29, 1.82) is 0 Å². The van der Waals surface area contributed by atoms with E-state index in [2.05, 4.69) is 12.1 Å². The zero-order valence-electron chi connectivity index (χ0n) is 10.9.